The molecule has 0 spiro atoms. The molecule has 0 amide bonds. The Labute approximate surface area is 123 Å². The SMILES string of the molecule is COCCCCCNS(=O)(=O)c1cc(N)cc(Cl)c1F. The van der Waals surface area contributed by atoms with Crippen LogP contribution in [0.4, 0.5) is 10.1 Å². The van der Waals surface area contributed by atoms with Crippen LogP contribution < -0.4 is 10.5 Å². The second kappa shape index (κ2) is 7.78. The summed E-state index contributed by atoms with van der Waals surface area (Å²) in [6, 6.07) is 2.22. The molecule has 20 heavy (non-hydrogen) atoms. The van der Waals surface area contributed by atoms with E-state index in [2.05, 4.69) is 4.72 Å². The molecule has 0 aliphatic heterocycles. The van der Waals surface area contributed by atoms with Crippen molar-refractivity contribution in [1.82, 2.24) is 4.72 Å². The first-order valence-electron chi connectivity index (χ1n) is 6.11. The van der Waals surface area contributed by atoms with Crippen LogP contribution in [-0.4, -0.2) is 28.7 Å². The summed E-state index contributed by atoms with van der Waals surface area (Å²) in [5.41, 5.74) is 5.57. The van der Waals surface area contributed by atoms with Gasteiger partial charge in [-0.05, 0) is 31.4 Å². The van der Waals surface area contributed by atoms with E-state index >= 15 is 0 Å². The molecule has 1 aromatic carbocycles. The lowest BCUT2D eigenvalue weighted by Crippen LogP contribution is -2.26. The van der Waals surface area contributed by atoms with Gasteiger partial charge in [0.25, 0.3) is 0 Å². The van der Waals surface area contributed by atoms with Gasteiger partial charge in [-0.2, -0.15) is 0 Å². The molecule has 1 rings (SSSR count). The third-order valence-electron chi connectivity index (χ3n) is 2.62. The van der Waals surface area contributed by atoms with E-state index in [1.807, 2.05) is 0 Å². The molecule has 0 saturated carbocycles. The summed E-state index contributed by atoms with van der Waals surface area (Å²) < 4.78 is 44.9. The minimum atomic E-state index is -3.95. The topological polar surface area (TPSA) is 81.4 Å². The standard InChI is InChI=1S/C12H18ClFN2O3S/c1-19-6-4-2-3-5-16-20(17,18)11-8-9(15)7-10(13)12(11)14/h7-8,16H,2-6,15H2,1H3. The fourth-order valence-corrected chi connectivity index (χ4v) is 3.10. The molecular formula is C12H18ClFN2O3S. The van der Waals surface area contributed by atoms with Gasteiger partial charge in [0.15, 0.2) is 5.82 Å². The van der Waals surface area contributed by atoms with E-state index < -0.39 is 20.7 Å². The van der Waals surface area contributed by atoms with Crippen molar-refractivity contribution in [2.75, 3.05) is 26.0 Å². The minimum absolute atomic E-state index is 0.0943. The number of ether oxygens (including phenoxy) is 1. The van der Waals surface area contributed by atoms with Gasteiger partial charge in [0, 0.05) is 25.9 Å². The Balaban J connectivity index is 2.65. The minimum Gasteiger partial charge on any atom is -0.399 e. The van der Waals surface area contributed by atoms with E-state index in [0.717, 1.165) is 18.9 Å². The van der Waals surface area contributed by atoms with E-state index in [1.54, 1.807) is 7.11 Å². The number of anilines is 1. The number of hydrogen-bond donors (Lipinski definition) is 2. The molecule has 0 atom stereocenters. The summed E-state index contributed by atoms with van der Waals surface area (Å²) in [5.74, 6) is -0.993. The van der Waals surface area contributed by atoms with Gasteiger partial charge < -0.3 is 10.5 Å². The lowest BCUT2D eigenvalue weighted by Gasteiger charge is -2.09. The first-order valence-corrected chi connectivity index (χ1v) is 7.97. The molecule has 114 valence electrons. The molecule has 5 nitrogen and oxygen atoms in total. The van der Waals surface area contributed by atoms with Crippen LogP contribution in [0, 0.1) is 5.82 Å². The highest BCUT2D eigenvalue weighted by atomic mass is 35.5. The van der Waals surface area contributed by atoms with Gasteiger partial charge >= 0.3 is 0 Å². The Kier molecular flexibility index (Phi) is 6.67. The van der Waals surface area contributed by atoms with Crippen LogP contribution in [0.5, 0.6) is 0 Å². The first kappa shape index (κ1) is 17.2. The number of nitrogens with one attached hydrogen (secondary N) is 1. The second-order valence-corrected chi connectivity index (χ2v) is 6.41. The highest BCUT2D eigenvalue weighted by molar-refractivity contribution is 7.89. The number of nitrogens with two attached hydrogens (primary N) is 1. The zero-order valence-electron chi connectivity index (χ0n) is 11.2. The molecule has 0 saturated heterocycles. The molecule has 0 aliphatic carbocycles. The van der Waals surface area contributed by atoms with Gasteiger partial charge in [-0.25, -0.2) is 17.5 Å². The molecule has 0 heterocycles. The third kappa shape index (κ3) is 4.90. The molecule has 8 heteroatoms. The highest BCUT2D eigenvalue weighted by Crippen LogP contribution is 2.25. The zero-order valence-corrected chi connectivity index (χ0v) is 12.7. The average Bonchev–Trinajstić information content (AvgIpc) is 2.37. The number of halogens is 2. The van der Waals surface area contributed by atoms with Crippen molar-refractivity contribution in [2.45, 2.75) is 24.2 Å². The fraction of sp³-hybridized carbons (Fsp3) is 0.500. The molecule has 0 radical (unpaired) electrons. The Morgan fingerprint density at radius 3 is 2.70 bits per heavy atom. The molecule has 3 N–H and O–H groups in total. The summed E-state index contributed by atoms with van der Waals surface area (Å²) in [4.78, 5) is -0.528. The van der Waals surface area contributed by atoms with Gasteiger partial charge in [0.1, 0.15) is 4.90 Å². The zero-order chi connectivity index (χ0) is 15.2. The largest absolute Gasteiger partial charge is 0.399 e. The molecule has 0 fully saturated rings. The average molecular weight is 325 g/mol. The van der Waals surface area contributed by atoms with Crippen molar-refractivity contribution < 1.29 is 17.5 Å². The van der Waals surface area contributed by atoms with Crippen molar-refractivity contribution in [3.8, 4) is 0 Å². The van der Waals surface area contributed by atoms with E-state index in [0.29, 0.717) is 13.0 Å². The maximum absolute atomic E-state index is 13.7. The van der Waals surface area contributed by atoms with Gasteiger partial charge in [0.2, 0.25) is 10.0 Å². The smallest absolute Gasteiger partial charge is 0.243 e. The Bertz CT molecular complexity index is 552. The molecular weight excluding hydrogens is 307 g/mol. The number of hydrogen-bond acceptors (Lipinski definition) is 4. The van der Waals surface area contributed by atoms with Crippen molar-refractivity contribution in [3.05, 3.63) is 23.0 Å². The normalized spacial score (nSPS) is 11.8. The van der Waals surface area contributed by atoms with Gasteiger partial charge in [-0.15, -0.1) is 0 Å². The predicted octanol–water partition coefficient (Wildman–Crippen LogP) is 2.16. The maximum atomic E-state index is 13.7. The Morgan fingerprint density at radius 2 is 2.05 bits per heavy atom. The van der Waals surface area contributed by atoms with E-state index in [1.165, 1.54) is 6.07 Å². The van der Waals surface area contributed by atoms with Crippen molar-refractivity contribution in [1.29, 1.82) is 0 Å². The van der Waals surface area contributed by atoms with E-state index in [4.69, 9.17) is 22.1 Å². The maximum Gasteiger partial charge on any atom is 0.243 e. The van der Waals surface area contributed by atoms with Gasteiger partial charge in [0.05, 0.1) is 5.02 Å². The molecule has 0 bridgehead atoms. The summed E-state index contributed by atoms with van der Waals surface area (Å²) in [6.45, 7) is 0.851. The molecule has 1 aromatic rings. The summed E-state index contributed by atoms with van der Waals surface area (Å²) in [6.07, 6.45) is 2.30. The fourth-order valence-electron chi connectivity index (χ4n) is 1.61. The van der Waals surface area contributed by atoms with Crippen LogP contribution in [0.3, 0.4) is 0 Å². The van der Waals surface area contributed by atoms with Crippen LogP contribution in [0.25, 0.3) is 0 Å². The molecule has 0 unspecified atom stereocenters. The highest BCUT2D eigenvalue weighted by Gasteiger charge is 2.21. The lowest BCUT2D eigenvalue weighted by atomic mass is 10.2. The summed E-state index contributed by atoms with van der Waals surface area (Å²) >= 11 is 5.58. The second-order valence-electron chi connectivity index (χ2n) is 4.27. The van der Waals surface area contributed by atoms with Crippen LogP contribution >= 0.6 is 11.6 Å². The lowest BCUT2D eigenvalue weighted by molar-refractivity contribution is 0.192. The van der Waals surface area contributed by atoms with E-state index in [-0.39, 0.29) is 17.3 Å². The Morgan fingerprint density at radius 1 is 1.35 bits per heavy atom. The molecule has 0 aromatic heterocycles. The number of sulfonamides is 1. The summed E-state index contributed by atoms with van der Waals surface area (Å²) in [5, 5.41) is -0.314. The van der Waals surface area contributed by atoms with Crippen molar-refractivity contribution in [3.63, 3.8) is 0 Å². The quantitative estimate of drug-likeness (QED) is 0.567. The van der Waals surface area contributed by atoms with Crippen molar-refractivity contribution in [2.24, 2.45) is 0 Å². The van der Waals surface area contributed by atoms with Crippen LogP contribution in [0.2, 0.25) is 5.02 Å². The monoisotopic (exact) mass is 324 g/mol. The van der Waals surface area contributed by atoms with Crippen molar-refractivity contribution >= 4 is 27.3 Å². The number of methoxy groups -OCH3 is 1. The van der Waals surface area contributed by atoms with Crippen LogP contribution in [0.15, 0.2) is 17.0 Å². The van der Waals surface area contributed by atoms with Crippen LogP contribution in [-0.2, 0) is 14.8 Å². The summed E-state index contributed by atoms with van der Waals surface area (Å²) in [7, 11) is -2.34. The first-order chi connectivity index (χ1) is 9.38. The van der Waals surface area contributed by atoms with Crippen LogP contribution in [0.1, 0.15) is 19.3 Å². The third-order valence-corrected chi connectivity index (χ3v) is 4.36. The number of rotatable bonds is 8. The molecule has 0 aliphatic rings. The number of nitrogen functional groups attached to an aromatic ring is 1. The number of unbranched alkanes of at least 4 members (excludes halogenated alkanes) is 2. The van der Waals surface area contributed by atoms with Gasteiger partial charge in [-0.3, -0.25) is 0 Å². The number of benzene rings is 1. The van der Waals surface area contributed by atoms with Gasteiger partial charge in [-0.1, -0.05) is 11.6 Å². The van der Waals surface area contributed by atoms with E-state index in [9.17, 15) is 12.8 Å². The predicted molar refractivity (Wildman–Crippen MR) is 76.7 cm³/mol. The Hall–Kier alpha value is -0.890.